The number of nitrogens with zero attached hydrogens (tertiary/aromatic N) is 4. The smallest absolute Gasteiger partial charge is 0.267 e. The number of rotatable bonds is 5. The van der Waals surface area contributed by atoms with Crippen LogP contribution in [0.1, 0.15) is 5.56 Å². The van der Waals surface area contributed by atoms with Crippen LogP contribution >= 0.6 is 0 Å². The van der Waals surface area contributed by atoms with Crippen molar-refractivity contribution in [3.05, 3.63) is 90.0 Å². The zero-order valence-corrected chi connectivity index (χ0v) is 19.4. The molecule has 0 saturated heterocycles. The first kappa shape index (κ1) is 23.3. The van der Waals surface area contributed by atoms with E-state index in [0.29, 0.717) is 17.0 Å². The van der Waals surface area contributed by atoms with Crippen LogP contribution in [-0.4, -0.2) is 27.8 Å². The maximum atomic E-state index is 15.8. The number of halogens is 3. The first-order valence-corrected chi connectivity index (χ1v) is 12.0. The Morgan fingerprint density at radius 1 is 0.944 bits per heavy atom. The Hall–Kier alpha value is -4.45. The van der Waals surface area contributed by atoms with Crippen LogP contribution in [0.4, 0.5) is 24.8 Å². The highest BCUT2D eigenvalue weighted by molar-refractivity contribution is 7.92. The number of hydrogen-bond donors (Lipinski definition) is 2. The molecule has 0 amide bonds. The molecule has 0 bridgehead atoms. The van der Waals surface area contributed by atoms with E-state index in [1.165, 1.54) is 18.3 Å². The Morgan fingerprint density at radius 3 is 2.39 bits per heavy atom. The summed E-state index contributed by atoms with van der Waals surface area (Å²) >= 11 is 0. The second-order valence-corrected chi connectivity index (χ2v) is 9.44. The number of fused-ring (bicyclic) bond motifs is 1. The average molecular weight is 511 g/mol. The Kier molecular flexibility index (Phi) is 5.59. The molecule has 0 fully saturated rings. The van der Waals surface area contributed by atoms with E-state index < -0.39 is 38.1 Å². The van der Waals surface area contributed by atoms with E-state index in [1.807, 2.05) is 17.7 Å². The molecule has 0 aliphatic heterocycles. The molecular formula is C24H17F3N6O2S. The summed E-state index contributed by atoms with van der Waals surface area (Å²) in [5, 5.41) is 0. The van der Waals surface area contributed by atoms with Crippen molar-refractivity contribution in [2.75, 3.05) is 10.5 Å². The minimum atomic E-state index is -4.80. The van der Waals surface area contributed by atoms with Crippen LogP contribution in [-0.2, 0) is 10.0 Å². The quantitative estimate of drug-likeness (QED) is 0.358. The SMILES string of the molecule is Cc1cccn2c(-c3ccnc(N)n3)c(-c3cccc(NS(=O)(=O)c4c(F)cccc4F)c3F)nc12. The van der Waals surface area contributed by atoms with Gasteiger partial charge >= 0.3 is 0 Å². The number of aromatic nitrogens is 4. The Bertz CT molecular complexity index is 1730. The predicted octanol–water partition coefficient (Wildman–Crippen LogP) is 4.57. The first-order chi connectivity index (χ1) is 17.2. The number of imidazole rings is 1. The summed E-state index contributed by atoms with van der Waals surface area (Å²) in [6.45, 7) is 1.83. The first-order valence-electron chi connectivity index (χ1n) is 10.5. The van der Waals surface area contributed by atoms with E-state index in [1.54, 1.807) is 22.7 Å². The third-order valence-electron chi connectivity index (χ3n) is 5.45. The van der Waals surface area contributed by atoms with Gasteiger partial charge in [0.2, 0.25) is 5.95 Å². The van der Waals surface area contributed by atoms with E-state index in [-0.39, 0.29) is 17.2 Å². The van der Waals surface area contributed by atoms with Gasteiger partial charge < -0.3 is 5.73 Å². The van der Waals surface area contributed by atoms with Gasteiger partial charge in [0.05, 0.1) is 17.1 Å². The van der Waals surface area contributed by atoms with Crippen molar-refractivity contribution in [1.82, 2.24) is 19.4 Å². The third-order valence-corrected chi connectivity index (χ3v) is 6.86. The van der Waals surface area contributed by atoms with Gasteiger partial charge in [-0.1, -0.05) is 18.2 Å². The van der Waals surface area contributed by atoms with Gasteiger partial charge in [-0.15, -0.1) is 0 Å². The van der Waals surface area contributed by atoms with Gasteiger partial charge in [-0.2, -0.15) is 0 Å². The molecule has 0 saturated carbocycles. The standard InChI is InChI=1S/C24H17F3N6O2S/c1-13-5-4-12-33-21(18-10-11-29-24(28)30-18)20(31-23(13)33)14-6-2-9-17(19(14)27)32-36(34,35)22-15(25)7-3-8-16(22)26/h2-12,32H,1H3,(H2,28,29,30). The molecule has 2 aromatic carbocycles. The maximum absolute atomic E-state index is 15.8. The Labute approximate surface area is 203 Å². The monoisotopic (exact) mass is 510 g/mol. The fourth-order valence-electron chi connectivity index (χ4n) is 3.87. The molecule has 0 spiro atoms. The number of nitrogen functional groups attached to an aromatic ring is 1. The fourth-order valence-corrected chi connectivity index (χ4v) is 5.07. The highest BCUT2D eigenvalue weighted by Crippen LogP contribution is 2.36. The minimum Gasteiger partial charge on any atom is -0.368 e. The van der Waals surface area contributed by atoms with Crippen LogP contribution < -0.4 is 10.5 Å². The van der Waals surface area contributed by atoms with Crippen LogP contribution in [0.3, 0.4) is 0 Å². The van der Waals surface area contributed by atoms with Crippen molar-refractivity contribution in [3.63, 3.8) is 0 Å². The zero-order valence-electron chi connectivity index (χ0n) is 18.6. The highest BCUT2D eigenvalue weighted by Gasteiger charge is 2.27. The lowest BCUT2D eigenvalue weighted by atomic mass is 10.1. The summed E-state index contributed by atoms with van der Waals surface area (Å²) in [5.74, 6) is -3.62. The summed E-state index contributed by atoms with van der Waals surface area (Å²) in [6, 6.07) is 11.7. The van der Waals surface area contributed by atoms with Gasteiger partial charge in [0.25, 0.3) is 10.0 Å². The van der Waals surface area contributed by atoms with Crippen molar-refractivity contribution in [3.8, 4) is 22.6 Å². The number of benzene rings is 2. The average Bonchev–Trinajstić information content (AvgIpc) is 3.21. The van der Waals surface area contributed by atoms with Gasteiger partial charge in [-0.3, -0.25) is 9.12 Å². The van der Waals surface area contributed by atoms with Crippen molar-refractivity contribution >= 4 is 27.3 Å². The lowest BCUT2D eigenvalue weighted by Crippen LogP contribution is -2.17. The summed E-state index contributed by atoms with van der Waals surface area (Å²) in [7, 11) is -4.80. The van der Waals surface area contributed by atoms with Crippen molar-refractivity contribution in [1.29, 1.82) is 0 Å². The van der Waals surface area contributed by atoms with Gasteiger partial charge in [0, 0.05) is 18.0 Å². The van der Waals surface area contributed by atoms with Gasteiger partial charge in [0.15, 0.2) is 10.7 Å². The van der Waals surface area contributed by atoms with Crippen LogP contribution in [0, 0.1) is 24.4 Å². The lowest BCUT2D eigenvalue weighted by molar-refractivity contribution is 0.521. The van der Waals surface area contributed by atoms with Gasteiger partial charge in [-0.05, 0) is 48.9 Å². The van der Waals surface area contributed by atoms with Crippen LogP contribution in [0.2, 0.25) is 0 Å². The van der Waals surface area contributed by atoms with E-state index in [0.717, 1.165) is 29.8 Å². The number of anilines is 2. The second kappa shape index (κ2) is 8.64. The number of hydrogen-bond acceptors (Lipinski definition) is 6. The lowest BCUT2D eigenvalue weighted by Gasteiger charge is -2.12. The molecule has 12 heteroatoms. The van der Waals surface area contributed by atoms with Crippen molar-refractivity contribution in [2.24, 2.45) is 0 Å². The van der Waals surface area contributed by atoms with Crippen molar-refractivity contribution in [2.45, 2.75) is 11.8 Å². The number of nitrogens with one attached hydrogen (secondary N) is 1. The molecule has 0 unspecified atom stereocenters. The molecule has 0 aliphatic rings. The molecule has 5 rings (SSSR count). The molecule has 8 nitrogen and oxygen atoms in total. The summed E-state index contributed by atoms with van der Waals surface area (Å²) < 4.78 is 73.2. The number of sulfonamides is 1. The van der Waals surface area contributed by atoms with Gasteiger partial charge in [-0.25, -0.2) is 36.5 Å². The molecule has 36 heavy (non-hydrogen) atoms. The summed E-state index contributed by atoms with van der Waals surface area (Å²) in [5.41, 5.74) is 7.38. The molecule has 0 atom stereocenters. The third kappa shape index (κ3) is 3.90. The second-order valence-electron chi connectivity index (χ2n) is 7.82. The van der Waals surface area contributed by atoms with Crippen LogP contribution in [0.25, 0.3) is 28.3 Å². The normalized spacial score (nSPS) is 11.7. The molecule has 5 aromatic rings. The molecule has 182 valence electrons. The topological polar surface area (TPSA) is 115 Å². The van der Waals surface area contributed by atoms with Crippen LogP contribution in [0.5, 0.6) is 0 Å². The van der Waals surface area contributed by atoms with Gasteiger partial charge in [0.1, 0.15) is 23.0 Å². The van der Waals surface area contributed by atoms with E-state index in [2.05, 4.69) is 15.0 Å². The van der Waals surface area contributed by atoms with Crippen molar-refractivity contribution < 1.29 is 21.6 Å². The maximum Gasteiger partial charge on any atom is 0.267 e. The molecule has 3 N–H and O–H groups in total. The zero-order chi connectivity index (χ0) is 25.6. The Morgan fingerprint density at radius 2 is 1.67 bits per heavy atom. The number of aryl methyl sites for hydroxylation is 1. The van der Waals surface area contributed by atoms with E-state index in [4.69, 9.17) is 5.73 Å². The van der Waals surface area contributed by atoms with E-state index in [9.17, 15) is 17.2 Å². The van der Waals surface area contributed by atoms with Crippen LogP contribution in [0.15, 0.2) is 71.9 Å². The molecule has 3 heterocycles. The summed E-state index contributed by atoms with van der Waals surface area (Å²) in [6.07, 6.45) is 3.17. The molecule has 0 aliphatic carbocycles. The number of pyridine rings is 1. The molecular weight excluding hydrogens is 493 g/mol. The molecule has 0 radical (unpaired) electrons. The number of nitrogens with two attached hydrogens (primary N) is 1. The highest BCUT2D eigenvalue weighted by atomic mass is 32.2. The predicted molar refractivity (Wildman–Crippen MR) is 128 cm³/mol. The fraction of sp³-hybridized carbons (Fsp3) is 0.0417. The Balaban J connectivity index is 1.70. The van der Waals surface area contributed by atoms with E-state index >= 15 is 4.39 Å². The largest absolute Gasteiger partial charge is 0.368 e. The molecule has 3 aromatic heterocycles. The minimum absolute atomic E-state index is 0.00468. The summed E-state index contributed by atoms with van der Waals surface area (Å²) in [4.78, 5) is 11.5.